The minimum Gasteiger partial charge on any atom is -0.491 e. The lowest BCUT2D eigenvalue weighted by Gasteiger charge is -2.18. The lowest BCUT2D eigenvalue weighted by atomic mass is 10.0. The molecular weight excluding hydrogens is 420 g/mol. The highest BCUT2D eigenvalue weighted by atomic mass is 16.5. The zero-order valence-corrected chi connectivity index (χ0v) is 20.5. The summed E-state index contributed by atoms with van der Waals surface area (Å²) in [6, 6.07) is 7.68. The molecule has 33 heavy (non-hydrogen) atoms. The van der Waals surface area contributed by atoms with Crippen molar-refractivity contribution >= 4 is 11.2 Å². The van der Waals surface area contributed by atoms with Crippen LogP contribution < -0.4 is 16.0 Å². The Kier molecular flexibility index (Phi) is 7.79. The summed E-state index contributed by atoms with van der Waals surface area (Å²) in [5.74, 6) is 1.46. The predicted molar refractivity (Wildman–Crippen MR) is 130 cm³/mol. The van der Waals surface area contributed by atoms with Gasteiger partial charge < -0.3 is 14.4 Å². The van der Waals surface area contributed by atoms with Crippen molar-refractivity contribution in [3.05, 3.63) is 57.0 Å². The molecule has 3 aromatic rings. The van der Waals surface area contributed by atoms with Gasteiger partial charge >= 0.3 is 5.69 Å². The SMILES string of the molecule is CC(C)Cn1cnc2c1c(=O)n(CC(O)COc1ccccc1C(C)C)c(=O)n2CC(C)C. The fourth-order valence-corrected chi connectivity index (χ4v) is 4.00. The molecule has 0 radical (unpaired) electrons. The minimum atomic E-state index is -1.03. The third-order valence-corrected chi connectivity index (χ3v) is 5.46. The third-order valence-electron chi connectivity index (χ3n) is 5.46. The van der Waals surface area contributed by atoms with Crippen LogP contribution in [0, 0.1) is 11.8 Å². The smallest absolute Gasteiger partial charge is 0.332 e. The Bertz CT molecular complexity index is 1200. The van der Waals surface area contributed by atoms with Crippen molar-refractivity contribution in [3.63, 3.8) is 0 Å². The molecule has 1 aromatic carbocycles. The topological polar surface area (TPSA) is 91.3 Å². The minimum absolute atomic E-state index is 0.0247. The molecule has 1 atom stereocenters. The van der Waals surface area contributed by atoms with Crippen LogP contribution >= 0.6 is 0 Å². The van der Waals surface area contributed by atoms with Gasteiger partial charge in [-0.3, -0.25) is 13.9 Å². The number of nitrogens with zero attached hydrogens (tertiary/aromatic N) is 4. The molecule has 2 heterocycles. The molecule has 0 aliphatic carbocycles. The summed E-state index contributed by atoms with van der Waals surface area (Å²) in [4.78, 5) is 31.0. The van der Waals surface area contributed by atoms with E-state index in [0.29, 0.717) is 35.9 Å². The van der Waals surface area contributed by atoms with Crippen molar-refractivity contribution in [3.8, 4) is 5.75 Å². The number of imidazole rings is 1. The number of hydrogen-bond acceptors (Lipinski definition) is 5. The van der Waals surface area contributed by atoms with Gasteiger partial charge in [-0.05, 0) is 29.4 Å². The van der Waals surface area contributed by atoms with Crippen molar-refractivity contribution in [1.29, 1.82) is 0 Å². The molecule has 0 spiro atoms. The van der Waals surface area contributed by atoms with Gasteiger partial charge in [-0.2, -0.15) is 0 Å². The van der Waals surface area contributed by atoms with Gasteiger partial charge in [0, 0.05) is 13.1 Å². The third kappa shape index (κ3) is 5.55. The Morgan fingerprint density at radius 3 is 2.24 bits per heavy atom. The van der Waals surface area contributed by atoms with Gasteiger partial charge in [-0.25, -0.2) is 9.78 Å². The number of benzene rings is 1. The van der Waals surface area contributed by atoms with Gasteiger partial charge in [-0.15, -0.1) is 0 Å². The largest absolute Gasteiger partial charge is 0.491 e. The second kappa shape index (κ2) is 10.4. The van der Waals surface area contributed by atoms with Crippen LogP contribution in [0.15, 0.2) is 40.2 Å². The fraction of sp³-hybridized carbons (Fsp3) is 0.560. The number of aromatic nitrogens is 4. The zero-order valence-electron chi connectivity index (χ0n) is 20.5. The maximum absolute atomic E-state index is 13.3. The van der Waals surface area contributed by atoms with E-state index in [9.17, 15) is 14.7 Å². The van der Waals surface area contributed by atoms with Crippen molar-refractivity contribution in [2.45, 2.75) is 73.2 Å². The first-order valence-corrected chi connectivity index (χ1v) is 11.7. The van der Waals surface area contributed by atoms with Gasteiger partial charge in [0.15, 0.2) is 11.2 Å². The van der Waals surface area contributed by atoms with Crippen LogP contribution in [0.2, 0.25) is 0 Å². The molecule has 8 heteroatoms. The molecule has 0 aliphatic rings. The van der Waals surface area contributed by atoms with Crippen molar-refractivity contribution in [2.24, 2.45) is 11.8 Å². The van der Waals surface area contributed by atoms with Crippen LogP contribution in [0.3, 0.4) is 0 Å². The Balaban J connectivity index is 1.95. The molecule has 0 bridgehead atoms. The Morgan fingerprint density at radius 2 is 1.61 bits per heavy atom. The van der Waals surface area contributed by atoms with Gasteiger partial charge in [-0.1, -0.05) is 59.7 Å². The number of aliphatic hydroxyl groups excluding tert-OH is 1. The second-order valence-corrected chi connectivity index (χ2v) is 9.82. The summed E-state index contributed by atoms with van der Waals surface area (Å²) < 4.78 is 10.3. The number of rotatable bonds is 10. The van der Waals surface area contributed by atoms with E-state index >= 15 is 0 Å². The highest BCUT2D eigenvalue weighted by Gasteiger charge is 2.21. The molecular formula is C25H36N4O4. The average molecular weight is 457 g/mol. The number of aliphatic hydroxyl groups is 1. The summed E-state index contributed by atoms with van der Waals surface area (Å²) >= 11 is 0. The molecule has 1 N–H and O–H groups in total. The molecule has 2 aromatic heterocycles. The Hall–Kier alpha value is -2.87. The fourth-order valence-electron chi connectivity index (χ4n) is 4.00. The molecule has 8 nitrogen and oxygen atoms in total. The van der Waals surface area contributed by atoms with Gasteiger partial charge in [0.25, 0.3) is 5.56 Å². The van der Waals surface area contributed by atoms with Crippen LogP contribution in [0.5, 0.6) is 5.75 Å². The molecule has 3 rings (SSSR count). The van der Waals surface area contributed by atoms with Crippen LogP contribution in [0.1, 0.15) is 53.0 Å². The molecule has 180 valence electrons. The number of fused-ring (bicyclic) bond motifs is 1. The van der Waals surface area contributed by atoms with E-state index in [1.807, 2.05) is 38.1 Å². The highest BCUT2D eigenvalue weighted by Crippen LogP contribution is 2.25. The van der Waals surface area contributed by atoms with E-state index in [4.69, 9.17) is 4.74 Å². The van der Waals surface area contributed by atoms with E-state index in [2.05, 4.69) is 32.7 Å². The summed E-state index contributed by atoms with van der Waals surface area (Å²) in [6.45, 7) is 13.2. The molecule has 0 amide bonds. The average Bonchev–Trinajstić information content (AvgIpc) is 3.15. The van der Waals surface area contributed by atoms with Gasteiger partial charge in [0.05, 0.1) is 12.9 Å². The molecule has 0 aliphatic heterocycles. The molecule has 1 unspecified atom stereocenters. The number of ether oxygens (including phenoxy) is 1. The highest BCUT2D eigenvalue weighted by molar-refractivity contribution is 5.70. The van der Waals surface area contributed by atoms with Crippen LogP contribution in [-0.2, 0) is 19.6 Å². The number of para-hydroxylation sites is 1. The standard InChI is InChI=1S/C25H36N4O4/c1-16(2)11-27-15-26-23-22(27)24(31)29(25(32)28(23)12-17(3)4)13-19(30)14-33-21-10-8-7-9-20(21)18(5)6/h7-10,15-19,30H,11-14H2,1-6H3. The van der Waals surface area contributed by atoms with E-state index in [-0.39, 0.29) is 25.0 Å². The lowest BCUT2D eigenvalue weighted by molar-refractivity contribution is 0.0895. The van der Waals surface area contributed by atoms with E-state index in [0.717, 1.165) is 10.1 Å². The van der Waals surface area contributed by atoms with Crippen molar-refractivity contribution < 1.29 is 9.84 Å². The van der Waals surface area contributed by atoms with Crippen molar-refractivity contribution in [1.82, 2.24) is 18.7 Å². The summed E-state index contributed by atoms with van der Waals surface area (Å²) in [6.07, 6.45) is 0.594. The van der Waals surface area contributed by atoms with Crippen LogP contribution in [0.25, 0.3) is 11.2 Å². The van der Waals surface area contributed by atoms with E-state index in [1.165, 1.54) is 0 Å². The molecule has 0 saturated carbocycles. The first-order valence-electron chi connectivity index (χ1n) is 11.7. The first-order chi connectivity index (χ1) is 15.6. The summed E-state index contributed by atoms with van der Waals surface area (Å²) in [5, 5.41) is 10.7. The van der Waals surface area contributed by atoms with E-state index in [1.54, 1.807) is 15.5 Å². The summed E-state index contributed by atoms with van der Waals surface area (Å²) in [5.41, 5.74) is 0.932. The van der Waals surface area contributed by atoms with Gasteiger partial charge in [0.1, 0.15) is 18.5 Å². The Labute approximate surface area is 194 Å². The zero-order chi connectivity index (χ0) is 24.3. The molecule has 0 saturated heterocycles. The van der Waals surface area contributed by atoms with Crippen LogP contribution in [0.4, 0.5) is 0 Å². The first kappa shape index (κ1) is 24.8. The normalized spacial score (nSPS) is 12.9. The number of hydrogen-bond donors (Lipinski definition) is 1. The van der Waals surface area contributed by atoms with E-state index < -0.39 is 17.4 Å². The lowest BCUT2D eigenvalue weighted by Crippen LogP contribution is -2.44. The molecule has 0 fully saturated rings. The predicted octanol–water partition coefficient (Wildman–Crippen LogP) is 3.24. The van der Waals surface area contributed by atoms with Crippen molar-refractivity contribution in [2.75, 3.05) is 6.61 Å². The maximum atomic E-state index is 13.3. The second-order valence-electron chi connectivity index (χ2n) is 9.82. The maximum Gasteiger partial charge on any atom is 0.332 e. The summed E-state index contributed by atoms with van der Waals surface area (Å²) in [7, 11) is 0. The quantitative estimate of drug-likeness (QED) is 0.506. The monoisotopic (exact) mass is 456 g/mol. The van der Waals surface area contributed by atoms with Gasteiger partial charge in [0.2, 0.25) is 0 Å². The Morgan fingerprint density at radius 1 is 0.939 bits per heavy atom. The van der Waals surface area contributed by atoms with Crippen LogP contribution in [-0.4, -0.2) is 36.5 Å².